The molecule has 3 N–H and O–H groups in total. The molecule has 0 unspecified atom stereocenters. The van der Waals surface area contributed by atoms with Crippen LogP contribution in [-0.2, 0) is 19.6 Å². The number of hydrogen-bond donors (Lipinski definition) is 3. The first kappa shape index (κ1) is 20.9. The van der Waals surface area contributed by atoms with E-state index in [-0.39, 0.29) is 35.8 Å². The number of halogens is 1. The maximum absolute atomic E-state index is 12.3. The number of carbonyl (C=O) groups is 1. The zero-order valence-corrected chi connectivity index (χ0v) is 15.4. The van der Waals surface area contributed by atoms with Crippen LogP contribution in [0.25, 0.3) is 0 Å². The van der Waals surface area contributed by atoms with E-state index in [1.807, 2.05) is 0 Å². The van der Waals surface area contributed by atoms with E-state index in [0.717, 1.165) is 12.8 Å². The molecule has 1 aromatic carbocycles. The molecule has 0 aliphatic heterocycles. The van der Waals surface area contributed by atoms with Gasteiger partial charge in [0.1, 0.15) is 0 Å². The second kappa shape index (κ2) is 9.33. The molecule has 1 aromatic rings. The summed E-state index contributed by atoms with van der Waals surface area (Å²) in [5, 5.41) is 5.62. The molecule has 0 bridgehead atoms. The number of nitrogens with one attached hydrogen (secondary N) is 3. The Morgan fingerprint density at radius 2 is 2.04 bits per heavy atom. The van der Waals surface area contributed by atoms with E-state index in [2.05, 4.69) is 15.4 Å². The maximum Gasteiger partial charge on any atom is 0.241 e. The zero-order chi connectivity index (χ0) is 16.9. The molecule has 0 saturated heterocycles. The van der Waals surface area contributed by atoms with Crippen molar-refractivity contribution in [3.63, 3.8) is 0 Å². The van der Waals surface area contributed by atoms with Crippen LogP contribution in [0, 0.1) is 6.92 Å². The smallest absolute Gasteiger partial charge is 0.241 e. The van der Waals surface area contributed by atoms with Crippen molar-refractivity contribution in [2.75, 3.05) is 32.1 Å². The van der Waals surface area contributed by atoms with Gasteiger partial charge in [-0.15, -0.1) is 12.4 Å². The Kier molecular flexibility index (Phi) is 8.11. The van der Waals surface area contributed by atoms with E-state index in [4.69, 9.17) is 4.74 Å². The van der Waals surface area contributed by atoms with Gasteiger partial charge < -0.3 is 15.4 Å². The van der Waals surface area contributed by atoms with Crippen molar-refractivity contribution in [2.24, 2.45) is 0 Å². The first-order valence-corrected chi connectivity index (χ1v) is 9.03. The number of methoxy groups -OCH3 is 1. The Balaban J connectivity index is 0.00000288. The number of anilines is 1. The minimum atomic E-state index is -3.54. The summed E-state index contributed by atoms with van der Waals surface area (Å²) < 4.78 is 32.2. The van der Waals surface area contributed by atoms with Crippen LogP contribution in [0.1, 0.15) is 18.4 Å². The SMILES string of the molecule is COCCNCC(=O)Nc1ccc(C)c(S(=O)(=O)NC2CC2)c1.Cl. The molecule has 2 rings (SSSR count). The predicted molar refractivity (Wildman–Crippen MR) is 95.1 cm³/mol. The van der Waals surface area contributed by atoms with Crippen molar-refractivity contribution >= 4 is 34.0 Å². The molecule has 1 amide bonds. The van der Waals surface area contributed by atoms with Crippen molar-refractivity contribution < 1.29 is 17.9 Å². The highest BCUT2D eigenvalue weighted by molar-refractivity contribution is 7.89. The molecule has 9 heteroatoms. The lowest BCUT2D eigenvalue weighted by atomic mass is 10.2. The first-order valence-electron chi connectivity index (χ1n) is 7.55. The molecule has 24 heavy (non-hydrogen) atoms. The fourth-order valence-corrected chi connectivity index (χ4v) is 3.61. The van der Waals surface area contributed by atoms with E-state index in [1.165, 1.54) is 6.07 Å². The number of sulfonamides is 1. The van der Waals surface area contributed by atoms with E-state index in [9.17, 15) is 13.2 Å². The van der Waals surface area contributed by atoms with E-state index >= 15 is 0 Å². The van der Waals surface area contributed by atoms with E-state index in [0.29, 0.717) is 24.4 Å². The third kappa shape index (κ3) is 6.37. The van der Waals surface area contributed by atoms with Crippen LogP contribution >= 0.6 is 12.4 Å². The van der Waals surface area contributed by atoms with Gasteiger partial charge in [0, 0.05) is 25.4 Å². The molecule has 0 aromatic heterocycles. The molecule has 136 valence electrons. The third-order valence-corrected chi connectivity index (χ3v) is 5.09. The number of hydrogen-bond acceptors (Lipinski definition) is 5. The summed E-state index contributed by atoms with van der Waals surface area (Å²) >= 11 is 0. The summed E-state index contributed by atoms with van der Waals surface area (Å²) in [6.45, 7) is 2.97. The highest BCUT2D eigenvalue weighted by atomic mass is 35.5. The van der Waals surface area contributed by atoms with Gasteiger partial charge in [-0.25, -0.2) is 13.1 Å². The number of benzene rings is 1. The molecular formula is C15H24ClN3O4S. The number of aryl methyl sites for hydroxylation is 1. The quantitative estimate of drug-likeness (QED) is 0.558. The predicted octanol–water partition coefficient (Wildman–Crippen LogP) is 1.03. The van der Waals surface area contributed by atoms with Gasteiger partial charge in [-0.3, -0.25) is 4.79 Å². The molecule has 0 spiro atoms. The van der Waals surface area contributed by atoms with Crippen molar-refractivity contribution in [2.45, 2.75) is 30.7 Å². The number of carbonyl (C=O) groups excluding carboxylic acids is 1. The minimum Gasteiger partial charge on any atom is -0.383 e. The van der Waals surface area contributed by atoms with Gasteiger partial charge in [0.2, 0.25) is 15.9 Å². The average molecular weight is 378 g/mol. The fraction of sp³-hybridized carbons (Fsp3) is 0.533. The van der Waals surface area contributed by atoms with Gasteiger partial charge in [-0.1, -0.05) is 6.07 Å². The van der Waals surface area contributed by atoms with Crippen LogP contribution in [0.15, 0.2) is 23.1 Å². The second-order valence-corrected chi connectivity index (χ2v) is 7.28. The molecular weight excluding hydrogens is 354 g/mol. The van der Waals surface area contributed by atoms with Crippen molar-refractivity contribution in [3.8, 4) is 0 Å². The van der Waals surface area contributed by atoms with Crippen LogP contribution in [0.2, 0.25) is 0 Å². The summed E-state index contributed by atoms with van der Waals surface area (Å²) in [4.78, 5) is 12.0. The highest BCUT2D eigenvalue weighted by Gasteiger charge is 2.29. The molecule has 0 heterocycles. The fourth-order valence-electron chi connectivity index (χ4n) is 2.03. The van der Waals surface area contributed by atoms with Crippen molar-refractivity contribution in [1.29, 1.82) is 0 Å². The molecule has 1 saturated carbocycles. The Labute approximate surface area is 149 Å². The molecule has 1 aliphatic rings. The Bertz CT molecular complexity index is 663. The Hall–Kier alpha value is -1.19. The maximum atomic E-state index is 12.3. The van der Waals surface area contributed by atoms with Gasteiger partial charge in [0.25, 0.3) is 0 Å². The van der Waals surface area contributed by atoms with Gasteiger partial charge in [-0.2, -0.15) is 0 Å². The summed E-state index contributed by atoms with van der Waals surface area (Å²) in [5.74, 6) is -0.233. The lowest BCUT2D eigenvalue weighted by Crippen LogP contribution is -2.30. The van der Waals surface area contributed by atoms with Crippen LogP contribution < -0.4 is 15.4 Å². The van der Waals surface area contributed by atoms with Crippen molar-refractivity contribution in [1.82, 2.24) is 10.0 Å². The van der Waals surface area contributed by atoms with E-state index in [1.54, 1.807) is 26.2 Å². The van der Waals surface area contributed by atoms with Crippen LogP contribution in [0.5, 0.6) is 0 Å². The Morgan fingerprint density at radius 3 is 2.67 bits per heavy atom. The zero-order valence-electron chi connectivity index (χ0n) is 13.8. The summed E-state index contributed by atoms with van der Waals surface area (Å²) in [7, 11) is -1.95. The number of ether oxygens (including phenoxy) is 1. The van der Waals surface area contributed by atoms with Gasteiger partial charge in [-0.05, 0) is 37.5 Å². The molecule has 1 fully saturated rings. The average Bonchev–Trinajstić information content (AvgIpc) is 3.29. The molecule has 0 radical (unpaired) electrons. The molecule has 0 atom stereocenters. The van der Waals surface area contributed by atoms with E-state index < -0.39 is 10.0 Å². The standard InChI is InChI=1S/C15H23N3O4S.ClH/c1-11-3-4-13(17-15(19)10-16-7-8-22-2)9-14(11)23(20,21)18-12-5-6-12;/h3-4,9,12,16,18H,5-8,10H2,1-2H3,(H,17,19);1H. The van der Waals surface area contributed by atoms with Crippen LogP contribution in [0.3, 0.4) is 0 Å². The largest absolute Gasteiger partial charge is 0.383 e. The lowest BCUT2D eigenvalue weighted by molar-refractivity contribution is -0.115. The van der Waals surface area contributed by atoms with Gasteiger partial charge in [0.15, 0.2) is 0 Å². The Morgan fingerprint density at radius 1 is 1.33 bits per heavy atom. The summed E-state index contributed by atoms with van der Waals surface area (Å²) in [6.07, 6.45) is 1.75. The lowest BCUT2D eigenvalue weighted by Gasteiger charge is -2.12. The monoisotopic (exact) mass is 377 g/mol. The van der Waals surface area contributed by atoms with Gasteiger partial charge in [0.05, 0.1) is 18.0 Å². The second-order valence-electron chi connectivity index (χ2n) is 5.59. The number of amides is 1. The van der Waals surface area contributed by atoms with Crippen molar-refractivity contribution in [3.05, 3.63) is 23.8 Å². The normalized spacial score (nSPS) is 14.1. The van der Waals surface area contributed by atoms with Crippen LogP contribution in [0.4, 0.5) is 5.69 Å². The van der Waals surface area contributed by atoms with Gasteiger partial charge >= 0.3 is 0 Å². The topological polar surface area (TPSA) is 96.5 Å². The summed E-state index contributed by atoms with van der Waals surface area (Å²) in [5.41, 5.74) is 1.11. The van der Waals surface area contributed by atoms with Crippen LogP contribution in [-0.4, -0.2) is 47.2 Å². The first-order chi connectivity index (χ1) is 10.9. The number of rotatable bonds is 9. The minimum absolute atomic E-state index is 0. The third-order valence-electron chi connectivity index (χ3n) is 3.43. The highest BCUT2D eigenvalue weighted by Crippen LogP contribution is 2.25. The summed E-state index contributed by atoms with van der Waals surface area (Å²) in [6, 6.07) is 4.92. The molecule has 1 aliphatic carbocycles. The molecule has 7 nitrogen and oxygen atoms in total.